The third-order valence-corrected chi connectivity index (χ3v) is 13.3. The van der Waals surface area contributed by atoms with Crippen LogP contribution in [-0.4, -0.2) is 49.3 Å². The van der Waals surface area contributed by atoms with E-state index in [1.807, 2.05) is 12.1 Å². The first kappa shape index (κ1) is 54.4. The topological polar surface area (TPSA) is 209 Å². The van der Waals surface area contributed by atoms with Crippen molar-refractivity contribution in [3.63, 3.8) is 0 Å². The van der Waals surface area contributed by atoms with Crippen LogP contribution in [0.15, 0.2) is 97.1 Å². The van der Waals surface area contributed by atoms with E-state index in [1.165, 1.54) is 63.5 Å². The molecule has 2 fully saturated rings. The lowest BCUT2D eigenvalue weighted by Crippen LogP contribution is -2.24. The first-order valence-corrected chi connectivity index (χ1v) is 25.5. The van der Waals surface area contributed by atoms with Crippen LogP contribution in [0, 0.1) is 11.8 Å². The highest BCUT2D eigenvalue weighted by Crippen LogP contribution is 2.32. The van der Waals surface area contributed by atoms with Crippen molar-refractivity contribution in [2.24, 2.45) is 11.8 Å². The minimum absolute atomic E-state index is 0.0165. The molecule has 8 N–H and O–H groups in total. The second kappa shape index (κ2) is 29.5. The van der Waals surface area contributed by atoms with Gasteiger partial charge in [-0.2, -0.15) is 0 Å². The van der Waals surface area contributed by atoms with Crippen molar-refractivity contribution in [3.8, 4) is 0 Å². The van der Waals surface area contributed by atoms with Crippen LogP contribution in [0.2, 0.25) is 0 Å². The number of carbonyl (C=O) groups is 4. The summed E-state index contributed by atoms with van der Waals surface area (Å²) in [6.45, 7) is 4.91. The molecule has 0 saturated heterocycles. The number of esters is 4. The minimum atomic E-state index is -0.437. The summed E-state index contributed by atoms with van der Waals surface area (Å²) in [5.41, 5.74) is 30.0. The van der Waals surface area contributed by atoms with E-state index in [-0.39, 0.29) is 37.4 Å². The number of rotatable bonds is 22. The Bertz CT molecular complexity index is 2150. The van der Waals surface area contributed by atoms with Crippen LogP contribution in [0.5, 0.6) is 0 Å². The zero-order valence-electron chi connectivity index (χ0n) is 41.4. The molecule has 0 atom stereocenters. The molecule has 12 nitrogen and oxygen atoms in total. The molecule has 2 aliphatic rings. The molecule has 2 saturated carbocycles. The van der Waals surface area contributed by atoms with Gasteiger partial charge in [0.2, 0.25) is 0 Å². The zero-order valence-corrected chi connectivity index (χ0v) is 41.4. The highest BCUT2D eigenvalue weighted by Gasteiger charge is 2.25. The molecule has 376 valence electrons. The molecule has 4 aromatic rings. The van der Waals surface area contributed by atoms with E-state index in [1.54, 1.807) is 84.9 Å². The van der Waals surface area contributed by atoms with E-state index in [9.17, 15) is 19.2 Å². The fraction of sp³-hybridized carbons (Fsp3) is 0.448. The summed E-state index contributed by atoms with van der Waals surface area (Å²) >= 11 is 0. The van der Waals surface area contributed by atoms with Gasteiger partial charge in [0.05, 0.1) is 24.3 Å². The monoisotopic (exact) mass is 957 g/mol. The highest BCUT2D eigenvalue weighted by atomic mass is 16.6. The van der Waals surface area contributed by atoms with E-state index in [4.69, 9.17) is 41.9 Å². The molecule has 4 aromatic carbocycles. The van der Waals surface area contributed by atoms with Gasteiger partial charge in [0.1, 0.15) is 12.2 Å². The van der Waals surface area contributed by atoms with E-state index < -0.39 is 11.9 Å². The third-order valence-electron chi connectivity index (χ3n) is 13.3. The second-order valence-electron chi connectivity index (χ2n) is 18.7. The molecule has 12 heteroatoms. The number of hydrogen-bond donors (Lipinski definition) is 4. The van der Waals surface area contributed by atoms with Gasteiger partial charge in [0.15, 0.2) is 0 Å². The number of carbonyl (C=O) groups excluding carboxylic acids is 4. The average molecular weight is 957 g/mol. The Labute approximate surface area is 415 Å². The van der Waals surface area contributed by atoms with Crippen LogP contribution >= 0.6 is 0 Å². The molecule has 6 rings (SSSR count). The van der Waals surface area contributed by atoms with Crippen molar-refractivity contribution in [2.45, 2.75) is 142 Å². The molecular formula is C58H76N4O8. The van der Waals surface area contributed by atoms with E-state index in [0.29, 0.717) is 46.7 Å². The Kier molecular flexibility index (Phi) is 22.9. The third kappa shape index (κ3) is 19.4. The van der Waals surface area contributed by atoms with Gasteiger partial charge in [0.25, 0.3) is 0 Å². The lowest BCUT2D eigenvalue weighted by Gasteiger charge is -2.28. The summed E-state index contributed by atoms with van der Waals surface area (Å²) in [7, 11) is 0. The zero-order chi connectivity index (χ0) is 50.1. The van der Waals surface area contributed by atoms with Crippen molar-refractivity contribution in [1.82, 2.24) is 0 Å². The Morgan fingerprint density at radius 1 is 0.500 bits per heavy atom. The predicted molar refractivity (Wildman–Crippen MR) is 281 cm³/mol. The quantitative estimate of drug-likeness (QED) is 0.0191. The van der Waals surface area contributed by atoms with Crippen molar-refractivity contribution < 1.29 is 38.1 Å². The first-order valence-electron chi connectivity index (χ1n) is 25.5. The normalized spacial score (nSPS) is 17.9. The van der Waals surface area contributed by atoms with Gasteiger partial charge < -0.3 is 41.9 Å². The fourth-order valence-corrected chi connectivity index (χ4v) is 8.97. The second-order valence-corrected chi connectivity index (χ2v) is 18.7. The summed E-state index contributed by atoms with van der Waals surface area (Å²) in [5.74, 6) is 0.128. The number of nitrogen functional groups attached to an aromatic ring is 4. The van der Waals surface area contributed by atoms with E-state index in [0.717, 1.165) is 85.5 Å². The van der Waals surface area contributed by atoms with Gasteiger partial charge in [-0.25, -0.2) is 19.2 Å². The van der Waals surface area contributed by atoms with Gasteiger partial charge in [0, 0.05) is 47.7 Å². The molecule has 70 heavy (non-hydrogen) atoms. The smallest absolute Gasteiger partial charge is 0.338 e. The van der Waals surface area contributed by atoms with Crippen LogP contribution in [-0.2, 0) is 41.4 Å². The van der Waals surface area contributed by atoms with Gasteiger partial charge in [-0.05, 0) is 146 Å². The molecule has 0 spiro atoms. The average Bonchev–Trinajstić information content (AvgIpc) is 3.36. The Hall–Kier alpha value is -6.56. The first-order chi connectivity index (χ1) is 33.9. The van der Waals surface area contributed by atoms with Crippen LogP contribution in [0.4, 0.5) is 22.7 Å². The Morgan fingerprint density at radius 3 is 1.21 bits per heavy atom. The van der Waals surface area contributed by atoms with Gasteiger partial charge in [-0.15, -0.1) is 0 Å². The largest absolute Gasteiger partial charge is 0.462 e. The Morgan fingerprint density at radius 2 is 0.871 bits per heavy atom. The molecule has 0 unspecified atom stereocenters. The molecule has 0 radical (unpaired) electrons. The standard InChI is InChI=1S/2C29H38N2O4/c2*1-2-3-4-5-21-8-15-26(16-9-21)35-29(33)24-11-6-22(7-12-24)10-17-28(32)34-19-18-23-13-14-25(30)20-27(23)31/h2*6-7,10-14,17,20-21,26H,2-5,8-9,15-16,18-19,30-31H2,1H3/b2*17-10+. The maximum absolute atomic E-state index is 12.5. The van der Waals surface area contributed by atoms with Crippen molar-refractivity contribution in [3.05, 3.63) is 130 Å². The number of benzene rings is 4. The molecule has 0 aromatic heterocycles. The van der Waals surface area contributed by atoms with Crippen LogP contribution in [0.1, 0.15) is 160 Å². The molecule has 0 amide bonds. The number of anilines is 4. The maximum atomic E-state index is 12.5. The van der Waals surface area contributed by atoms with Crippen molar-refractivity contribution >= 4 is 58.8 Å². The molecular weight excluding hydrogens is 881 g/mol. The van der Waals surface area contributed by atoms with Crippen LogP contribution < -0.4 is 22.9 Å². The van der Waals surface area contributed by atoms with Crippen LogP contribution in [0.25, 0.3) is 12.2 Å². The number of nitrogens with two attached hydrogens (primary N) is 4. The van der Waals surface area contributed by atoms with E-state index in [2.05, 4.69) is 13.8 Å². The maximum Gasteiger partial charge on any atom is 0.338 e. The van der Waals surface area contributed by atoms with Crippen molar-refractivity contribution in [1.29, 1.82) is 0 Å². The lowest BCUT2D eigenvalue weighted by molar-refractivity contribution is -0.138. The minimum Gasteiger partial charge on any atom is -0.462 e. The molecule has 0 aliphatic heterocycles. The lowest BCUT2D eigenvalue weighted by atomic mass is 9.84. The predicted octanol–water partition coefficient (Wildman–Crippen LogP) is 11.9. The van der Waals surface area contributed by atoms with Gasteiger partial charge in [-0.1, -0.05) is 102 Å². The number of hydrogen-bond acceptors (Lipinski definition) is 12. The summed E-state index contributed by atoms with van der Waals surface area (Å²) in [6.07, 6.45) is 25.9. The number of ether oxygens (including phenoxy) is 4. The summed E-state index contributed by atoms with van der Waals surface area (Å²) in [4.78, 5) is 49.1. The Balaban J connectivity index is 0.000000261. The van der Waals surface area contributed by atoms with E-state index >= 15 is 0 Å². The fourth-order valence-electron chi connectivity index (χ4n) is 8.97. The van der Waals surface area contributed by atoms with Gasteiger partial charge in [-0.3, -0.25) is 0 Å². The van der Waals surface area contributed by atoms with Crippen LogP contribution in [0.3, 0.4) is 0 Å². The molecule has 0 heterocycles. The van der Waals surface area contributed by atoms with Crippen molar-refractivity contribution in [2.75, 3.05) is 36.1 Å². The summed E-state index contributed by atoms with van der Waals surface area (Å²) < 4.78 is 22.0. The SMILES string of the molecule is CCCCCC1CCC(OC(=O)c2ccc(/C=C/C(=O)OCCc3ccc(N)cc3N)cc2)CC1.CCCCCC1CCC(OC(=O)c2ccc(/C=C/C(=O)OCCc3ccc(N)cc3N)cc2)CC1. The molecule has 2 aliphatic carbocycles. The highest BCUT2D eigenvalue weighted by molar-refractivity contribution is 5.91. The summed E-state index contributed by atoms with van der Waals surface area (Å²) in [6, 6.07) is 24.7. The van der Waals surface area contributed by atoms with Gasteiger partial charge >= 0.3 is 23.9 Å². The number of unbranched alkanes of at least 4 members (excludes halogenated alkanes) is 4. The summed E-state index contributed by atoms with van der Waals surface area (Å²) in [5, 5.41) is 0. The molecule has 0 bridgehead atoms.